The number of aliphatic carboxylic acids is 1. The van der Waals surface area contributed by atoms with Gasteiger partial charge in [0.2, 0.25) is 0 Å². The van der Waals surface area contributed by atoms with Crippen molar-refractivity contribution in [1.82, 2.24) is 10.3 Å². The Morgan fingerprint density at radius 2 is 2.14 bits per heavy atom. The number of pyridine rings is 1. The highest BCUT2D eigenvalue weighted by molar-refractivity contribution is 9.10. The van der Waals surface area contributed by atoms with E-state index in [9.17, 15) is 9.59 Å². The second kappa shape index (κ2) is 9.50. The summed E-state index contributed by atoms with van der Waals surface area (Å²) < 4.78 is 0.625. The van der Waals surface area contributed by atoms with Gasteiger partial charge in [-0.25, -0.2) is 4.98 Å². The zero-order valence-electron chi connectivity index (χ0n) is 12.1. The van der Waals surface area contributed by atoms with Crippen LogP contribution in [-0.2, 0) is 4.79 Å². The number of hydrogen-bond donors (Lipinski definition) is 2. The molecule has 21 heavy (non-hydrogen) atoms. The molecule has 0 aliphatic heterocycles. The van der Waals surface area contributed by atoms with Crippen molar-refractivity contribution in [1.29, 1.82) is 0 Å². The lowest BCUT2D eigenvalue weighted by molar-refractivity contribution is -0.137. The molecule has 1 heterocycles. The number of carbonyl (C=O) groups excluding carboxylic acids is 1. The first-order valence-corrected chi connectivity index (χ1v) is 7.93. The van der Waals surface area contributed by atoms with E-state index in [1.165, 1.54) is 0 Å². The van der Waals surface area contributed by atoms with Gasteiger partial charge < -0.3 is 10.4 Å². The van der Waals surface area contributed by atoms with Gasteiger partial charge in [-0.05, 0) is 46.8 Å². The molecule has 116 valence electrons. The largest absolute Gasteiger partial charge is 0.481 e. The molecule has 1 atom stereocenters. The van der Waals surface area contributed by atoms with E-state index in [1.54, 1.807) is 18.3 Å². The fourth-order valence-electron chi connectivity index (χ4n) is 2.20. The summed E-state index contributed by atoms with van der Waals surface area (Å²) in [5.41, 5.74) is 0.564. The molecule has 0 spiro atoms. The number of carboxylic acid groups (broad SMARTS) is 1. The highest BCUT2D eigenvalue weighted by atomic mass is 79.9. The zero-order chi connectivity index (χ0) is 15.7. The van der Waals surface area contributed by atoms with Crippen LogP contribution in [0.2, 0.25) is 0 Å². The fraction of sp³-hybridized carbons (Fsp3) is 0.533. The van der Waals surface area contributed by atoms with Crippen molar-refractivity contribution in [2.75, 3.05) is 6.54 Å². The van der Waals surface area contributed by atoms with Crippen molar-refractivity contribution in [2.45, 2.75) is 39.0 Å². The minimum absolute atomic E-state index is 0.133. The van der Waals surface area contributed by atoms with E-state index in [-0.39, 0.29) is 12.3 Å². The predicted octanol–water partition coefficient (Wildman–Crippen LogP) is 3.25. The number of hydrogen-bond acceptors (Lipinski definition) is 3. The van der Waals surface area contributed by atoms with Crippen molar-refractivity contribution in [3.05, 3.63) is 28.5 Å². The summed E-state index contributed by atoms with van der Waals surface area (Å²) in [7, 11) is 0. The lowest BCUT2D eigenvalue weighted by atomic mass is 9.94. The van der Waals surface area contributed by atoms with Crippen LogP contribution in [0.25, 0.3) is 0 Å². The molecule has 1 rings (SSSR count). The van der Waals surface area contributed by atoms with Crippen LogP contribution < -0.4 is 5.32 Å². The first-order chi connectivity index (χ1) is 10.0. The molecule has 0 aliphatic carbocycles. The fourth-order valence-corrected chi connectivity index (χ4v) is 2.57. The van der Waals surface area contributed by atoms with Gasteiger partial charge in [-0.2, -0.15) is 0 Å². The average molecular weight is 357 g/mol. The molecule has 0 aromatic carbocycles. The van der Waals surface area contributed by atoms with Gasteiger partial charge in [-0.15, -0.1) is 0 Å². The Kier molecular flexibility index (Phi) is 7.97. The summed E-state index contributed by atoms with van der Waals surface area (Å²) in [5, 5.41) is 11.6. The molecule has 0 fully saturated rings. The Hall–Kier alpha value is -1.43. The number of amides is 1. The minimum atomic E-state index is -0.762. The summed E-state index contributed by atoms with van der Waals surface area (Å²) in [5.74, 6) is -0.552. The SMILES string of the molecule is CCCC(CCNC(=O)c1ccnc(Br)c1)CCC(=O)O. The molecule has 1 amide bonds. The smallest absolute Gasteiger partial charge is 0.303 e. The molecular formula is C15H21BrN2O3. The van der Waals surface area contributed by atoms with Gasteiger partial charge in [0, 0.05) is 24.7 Å². The third kappa shape index (κ3) is 7.22. The van der Waals surface area contributed by atoms with Crippen molar-refractivity contribution < 1.29 is 14.7 Å². The van der Waals surface area contributed by atoms with Crippen LogP contribution in [0.4, 0.5) is 0 Å². The Morgan fingerprint density at radius 3 is 2.76 bits per heavy atom. The highest BCUT2D eigenvalue weighted by Crippen LogP contribution is 2.17. The molecule has 0 aliphatic rings. The average Bonchev–Trinajstić information content (AvgIpc) is 2.44. The molecule has 6 heteroatoms. The number of halogens is 1. The lowest BCUT2D eigenvalue weighted by Crippen LogP contribution is -2.26. The number of nitrogens with zero attached hydrogens (tertiary/aromatic N) is 1. The maximum Gasteiger partial charge on any atom is 0.303 e. The van der Waals surface area contributed by atoms with Crippen LogP contribution in [0, 0.1) is 5.92 Å². The Bertz CT molecular complexity index is 480. The van der Waals surface area contributed by atoms with Gasteiger partial charge in [0.15, 0.2) is 0 Å². The number of rotatable bonds is 9. The normalized spacial score (nSPS) is 11.9. The van der Waals surface area contributed by atoms with Crippen LogP contribution in [0.1, 0.15) is 49.4 Å². The van der Waals surface area contributed by atoms with Gasteiger partial charge in [0.05, 0.1) is 0 Å². The standard InChI is InChI=1S/C15H21BrN2O3/c1-2-3-11(4-5-14(19)20)6-8-18-15(21)12-7-9-17-13(16)10-12/h7,9-11H,2-6,8H2,1H3,(H,18,21)(H,19,20). The summed E-state index contributed by atoms with van der Waals surface area (Å²) in [4.78, 5) is 26.6. The number of carboxylic acids is 1. The third-order valence-corrected chi connectivity index (χ3v) is 3.72. The molecule has 5 nitrogen and oxygen atoms in total. The Balaban J connectivity index is 2.38. The van der Waals surface area contributed by atoms with Crippen molar-refractivity contribution in [3.63, 3.8) is 0 Å². The van der Waals surface area contributed by atoms with Gasteiger partial charge >= 0.3 is 5.97 Å². The Labute approximate surface area is 133 Å². The molecule has 1 aromatic heterocycles. The molecule has 0 radical (unpaired) electrons. The molecule has 0 bridgehead atoms. The van der Waals surface area contributed by atoms with Gasteiger partial charge in [0.25, 0.3) is 5.91 Å². The van der Waals surface area contributed by atoms with E-state index in [0.717, 1.165) is 19.3 Å². The number of carbonyl (C=O) groups is 2. The maximum atomic E-state index is 11.9. The van der Waals surface area contributed by atoms with Crippen molar-refractivity contribution >= 4 is 27.8 Å². The first kappa shape index (κ1) is 17.6. The second-order valence-corrected chi connectivity index (χ2v) is 5.81. The first-order valence-electron chi connectivity index (χ1n) is 7.14. The van der Waals surface area contributed by atoms with Crippen molar-refractivity contribution in [2.24, 2.45) is 5.92 Å². The topological polar surface area (TPSA) is 79.3 Å². The maximum absolute atomic E-state index is 11.9. The molecular weight excluding hydrogens is 336 g/mol. The van der Waals surface area contributed by atoms with E-state index < -0.39 is 5.97 Å². The van der Waals surface area contributed by atoms with Gasteiger partial charge in [0.1, 0.15) is 4.60 Å². The van der Waals surface area contributed by atoms with E-state index >= 15 is 0 Å². The summed E-state index contributed by atoms with van der Waals surface area (Å²) in [6.45, 7) is 2.64. The summed E-state index contributed by atoms with van der Waals surface area (Å²) in [6.07, 6.45) is 5.25. The number of nitrogens with one attached hydrogen (secondary N) is 1. The van der Waals surface area contributed by atoms with Crippen LogP contribution in [0.3, 0.4) is 0 Å². The summed E-state index contributed by atoms with van der Waals surface area (Å²) in [6, 6.07) is 3.33. The highest BCUT2D eigenvalue weighted by Gasteiger charge is 2.11. The van der Waals surface area contributed by atoms with Crippen LogP contribution >= 0.6 is 15.9 Å². The van der Waals surface area contributed by atoms with Crippen molar-refractivity contribution in [3.8, 4) is 0 Å². The van der Waals surface area contributed by atoms with E-state index in [0.29, 0.717) is 29.1 Å². The third-order valence-electron chi connectivity index (χ3n) is 3.29. The van der Waals surface area contributed by atoms with Gasteiger partial charge in [-0.1, -0.05) is 19.8 Å². The van der Waals surface area contributed by atoms with Gasteiger partial charge in [-0.3, -0.25) is 9.59 Å². The quantitative estimate of drug-likeness (QED) is 0.665. The zero-order valence-corrected chi connectivity index (χ0v) is 13.7. The van der Waals surface area contributed by atoms with E-state index in [4.69, 9.17) is 5.11 Å². The molecule has 1 unspecified atom stereocenters. The lowest BCUT2D eigenvalue weighted by Gasteiger charge is -2.15. The Morgan fingerprint density at radius 1 is 1.38 bits per heavy atom. The second-order valence-electron chi connectivity index (χ2n) is 5.00. The number of aromatic nitrogens is 1. The molecule has 0 saturated carbocycles. The molecule has 0 saturated heterocycles. The molecule has 2 N–H and O–H groups in total. The monoisotopic (exact) mass is 356 g/mol. The molecule has 1 aromatic rings. The minimum Gasteiger partial charge on any atom is -0.481 e. The van der Waals surface area contributed by atoms with E-state index in [2.05, 4.69) is 33.2 Å². The van der Waals surface area contributed by atoms with Crippen LogP contribution in [0.15, 0.2) is 22.9 Å². The van der Waals surface area contributed by atoms with Crippen LogP contribution in [-0.4, -0.2) is 28.5 Å². The van der Waals surface area contributed by atoms with E-state index in [1.807, 2.05) is 0 Å². The summed E-state index contributed by atoms with van der Waals surface area (Å²) >= 11 is 3.23. The van der Waals surface area contributed by atoms with Crippen LogP contribution in [0.5, 0.6) is 0 Å². The predicted molar refractivity (Wildman–Crippen MR) is 84.2 cm³/mol.